The minimum atomic E-state index is -0.601. The number of nitro benzene ring substituents is 1. The zero-order valence-corrected chi connectivity index (χ0v) is 16.8. The minimum Gasteiger partial charge on any atom is -0.454 e. The van der Waals surface area contributed by atoms with Gasteiger partial charge in [0.05, 0.1) is 15.0 Å². The van der Waals surface area contributed by atoms with Crippen LogP contribution >= 0.6 is 23.2 Å². The number of fused-ring (bicyclic) bond motifs is 1. The van der Waals surface area contributed by atoms with Crippen LogP contribution < -0.4 is 9.64 Å². The van der Waals surface area contributed by atoms with Crippen molar-refractivity contribution in [3.63, 3.8) is 0 Å². The van der Waals surface area contributed by atoms with Gasteiger partial charge in [-0.15, -0.1) is 0 Å². The Bertz CT molecular complexity index is 1160. The molecular weight excluding hydrogens is 434 g/mol. The lowest BCUT2D eigenvalue weighted by atomic mass is 9.98. The van der Waals surface area contributed by atoms with E-state index in [1.807, 2.05) is 0 Å². The van der Waals surface area contributed by atoms with Gasteiger partial charge in [-0.25, -0.2) is 4.39 Å². The van der Waals surface area contributed by atoms with Crippen LogP contribution in [0.3, 0.4) is 0 Å². The van der Waals surface area contributed by atoms with Crippen LogP contribution in [0.4, 0.5) is 15.8 Å². The van der Waals surface area contributed by atoms with E-state index >= 15 is 0 Å². The maximum Gasteiger partial charge on any atom is 0.272 e. The molecule has 3 aromatic carbocycles. The van der Waals surface area contributed by atoms with Crippen molar-refractivity contribution in [2.45, 2.75) is 6.42 Å². The van der Waals surface area contributed by atoms with Crippen LogP contribution in [0.25, 0.3) is 0 Å². The van der Waals surface area contributed by atoms with E-state index in [0.29, 0.717) is 30.0 Å². The lowest BCUT2D eigenvalue weighted by molar-refractivity contribution is -0.384. The summed E-state index contributed by atoms with van der Waals surface area (Å²) in [6.07, 6.45) is 0.538. The second-order valence-corrected chi connectivity index (χ2v) is 7.42. The van der Waals surface area contributed by atoms with Crippen LogP contribution in [-0.4, -0.2) is 17.4 Å². The molecule has 4 rings (SSSR count). The average molecular weight is 447 g/mol. The topological polar surface area (TPSA) is 72.7 Å². The molecule has 0 N–H and O–H groups in total. The predicted molar refractivity (Wildman–Crippen MR) is 111 cm³/mol. The number of carbonyl (C=O) groups is 1. The monoisotopic (exact) mass is 446 g/mol. The van der Waals surface area contributed by atoms with Crippen LogP contribution in [0.15, 0.2) is 54.6 Å². The van der Waals surface area contributed by atoms with E-state index in [4.69, 9.17) is 27.9 Å². The fourth-order valence-electron chi connectivity index (χ4n) is 3.29. The molecular formula is C21H13Cl2FN2O4. The van der Waals surface area contributed by atoms with Crippen LogP contribution in [0.2, 0.25) is 10.0 Å². The summed E-state index contributed by atoms with van der Waals surface area (Å²) in [7, 11) is 0. The fraction of sp³-hybridized carbons (Fsp3) is 0.0952. The molecule has 0 aliphatic carbocycles. The number of ether oxygens (including phenoxy) is 1. The van der Waals surface area contributed by atoms with E-state index < -0.39 is 10.7 Å². The summed E-state index contributed by atoms with van der Waals surface area (Å²) >= 11 is 12.2. The SMILES string of the molecule is O=C1c2ccc(Oc3c(Cl)cc([N+](=O)[O-])cc3Cl)cc2CCN1c1cccc(F)c1. The number of hydrogen-bond donors (Lipinski definition) is 0. The van der Waals surface area contributed by atoms with Crippen LogP contribution in [0.5, 0.6) is 11.5 Å². The van der Waals surface area contributed by atoms with Crippen molar-refractivity contribution in [1.29, 1.82) is 0 Å². The highest BCUT2D eigenvalue weighted by Crippen LogP contribution is 2.40. The Balaban J connectivity index is 1.61. The number of hydrogen-bond acceptors (Lipinski definition) is 4. The molecule has 0 unspecified atom stereocenters. The maximum absolute atomic E-state index is 13.5. The van der Waals surface area contributed by atoms with Crippen molar-refractivity contribution >= 4 is 40.5 Å². The van der Waals surface area contributed by atoms with Gasteiger partial charge in [-0.3, -0.25) is 14.9 Å². The Hall–Kier alpha value is -3.16. The Morgan fingerprint density at radius 1 is 1.07 bits per heavy atom. The third-order valence-electron chi connectivity index (χ3n) is 4.69. The number of rotatable bonds is 4. The van der Waals surface area contributed by atoms with E-state index in [1.54, 1.807) is 30.3 Å². The molecule has 0 bridgehead atoms. The van der Waals surface area contributed by atoms with E-state index in [-0.39, 0.29) is 27.4 Å². The summed E-state index contributed by atoms with van der Waals surface area (Å²) in [5.74, 6) is -0.169. The first kappa shape index (κ1) is 20.1. The zero-order valence-electron chi connectivity index (χ0n) is 15.3. The highest BCUT2D eigenvalue weighted by Gasteiger charge is 2.26. The summed E-state index contributed by atoms with van der Waals surface area (Å²) in [4.78, 5) is 24.7. The predicted octanol–water partition coefficient (Wildman–Crippen LogP) is 6.04. The zero-order chi connectivity index (χ0) is 21.4. The number of amides is 1. The highest BCUT2D eigenvalue weighted by molar-refractivity contribution is 6.37. The van der Waals surface area contributed by atoms with Crippen molar-refractivity contribution in [2.75, 3.05) is 11.4 Å². The molecule has 0 radical (unpaired) electrons. The third-order valence-corrected chi connectivity index (χ3v) is 5.25. The van der Waals surface area contributed by atoms with Crippen molar-refractivity contribution < 1.29 is 18.8 Å². The van der Waals surface area contributed by atoms with E-state index in [2.05, 4.69) is 0 Å². The van der Waals surface area contributed by atoms with Gasteiger partial charge < -0.3 is 9.64 Å². The van der Waals surface area contributed by atoms with Gasteiger partial charge in [0.2, 0.25) is 0 Å². The van der Waals surface area contributed by atoms with Gasteiger partial charge >= 0.3 is 0 Å². The van der Waals surface area contributed by atoms with Gasteiger partial charge in [0.15, 0.2) is 5.75 Å². The molecule has 6 nitrogen and oxygen atoms in total. The first-order valence-corrected chi connectivity index (χ1v) is 9.61. The molecule has 1 aliphatic heterocycles. The van der Waals surface area contributed by atoms with E-state index in [1.165, 1.54) is 17.0 Å². The quantitative estimate of drug-likeness (QED) is 0.361. The molecule has 9 heteroatoms. The second kappa shape index (κ2) is 7.93. The summed E-state index contributed by atoms with van der Waals surface area (Å²) in [5, 5.41) is 10.9. The average Bonchev–Trinajstić information content (AvgIpc) is 2.70. The standard InChI is InChI=1S/C21H13Cl2FN2O4/c22-18-10-15(26(28)29)11-19(23)20(18)30-16-4-5-17-12(8-16)6-7-25(21(17)27)14-3-1-2-13(24)9-14/h1-5,8-11H,6-7H2. The van der Waals surface area contributed by atoms with Crippen LogP contribution in [-0.2, 0) is 6.42 Å². The minimum absolute atomic E-state index is 0.000256. The first-order valence-electron chi connectivity index (χ1n) is 8.85. The summed E-state index contributed by atoms with van der Waals surface area (Å²) in [5.41, 5.74) is 1.50. The van der Waals surface area contributed by atoms with Gasteiger partial charge in [0, 0.05) is 29.9 Å². The summed E-state index contributed by atoms with van der Waals surface area (Å²) in [6.45, 7) is 0.387. The van der Waals surface area contributed by atoms with Crippen LogP contribution in [0, 0.1) is 15.9 Å². The number of anilines is 1. The van der Waals surface area contributed by atoms with Crippen molar-refractivity contribution in [2.24, 2.45) is 0 Å². The Labute approximate surface area is 180 Å². The molecule has 30 heavy (non-hydrogen) atoms. The Morgan fingerprint density at radius 2 is 1.80 bits per heavy atom. The number of halogens is 3. The van der Waals surface area contributed by atoms with E-state index in [9.17, 15) is 19.3 Å². The van der Waals surface area contributed by atoms with Crippen LogP contribution in [0.1, 0.15) is 15.9 Å². The molecule has 0 saturated heterocycles. The van der Waals surface area contributed by atoms with Gasteiger partial charge in [-0.2, -0.15) is 0 Å². The number of non-ortho nitro benzene ring substituents is 1. The lowest BCUT2D eigenvalue weighted by Crippen LogP contribution is -2.37. The molecule has 0 spiro atoms. The Morgan fingerprint density at radius 3 is 2.47 bits per heavy atom. The van der Waals surface area contributed by atoms with Gasteiger partial charge in [0.1, 0.15) is 11.6 Å². The van der Waals surface area contributed by atoms with Crippen molar-refractivity contribution in [3.8, 4) is 11.5 Å². The lowest BCUT2D eigenvalue weighted by Gasteiger charge is -2.29. The summed E-state index contributed by atoms with van der Waals surface area (Å²) in [6, 6.07) is 13.1. The van der Waals surface area contributed by atoms with E-state index in [0.717, 1.165) is 17.7 Å². The number of carbonyl (C=O) groups excluding carboxylic acids is 1. The normalized spacial score (nSPS) is 13.2. The first-order chi connectivity index (χ1) is 14.3. The Kier molecular flexibility index (Phi) is 5.32. The van der Waals surface area contributed by atoms with Crippen molar-refractivity contribution in [3.05, 3.63) is 91.7 Å². The van der Waals surface area contributed by atoms with Gasteiger partial charge in [-0.1, -0.05) is 29.3 Å². The van der Waals surface area contributed by atoms with Gasteiger partial charge in [-0.05, 0) is 48.4 Å². The number of benzene rings is 3. The molecule has 3 aromatic rings. The smallest absolute Gasteiger partial charge is 0.272 e. The number of nitro groups is 1. The highest BCUT2D eigenvalue weighted by atomic mass is 35.5. The molecule has 0 saturated carbocycles. The molecule has 1 aliphatic rings. The van der Waals surface area contributed by atoms with Crippen molar-refractivity contribution in [1.82, 2.24) is 0 Å². The third kappa shape index (κ3) is 3.81. The molecule has 0 aromatic heterocycles. The molecule has 1 heterocycles. The largest absolute Gasteiger partial charge is 0.454 e. The second-order valence-electron chi connectivity index (χ2n) is 6.60. The maximum atomic E-state index is 13.5. The fourth-order valence-corrected chi connectivity index (χ4v) is 3.84. The van der Waals surface area contributed by atoms with Gasteiger partial charge in [0.25, 0.3) is 11.6 Å². The number of nitrogens with zero attached hydrogens (tertiary/aromatic N) is 2. The molecule has 0 atom stereocenters. The molecule has 0 fully saturated rings. The molecule has 1 amide bonds. The summed E-state index contributed by atoms with van der Waals surface area (Å²) < 4.78 is 19.3. The molecule has 152 valence electrons.